The van der Waals surface area contributed by atoms with Crippen LogP contribution < -0.4 is 0 Å². The number of rotatable bonds is 23. The van der Waals surface area contributed by atoms with Gasteiger partial charge in [-0.15, -0.1) is 0 Å². The molecule has 0 saturated heterocycles. The van der Waals surface area contributed by atoms with Gasteiger partial charge in [-0.05, 0) is 44.9 Å². The van der Waals surface area contributed by atoms with Gasteiger partial charge in [0.15, 0.2) is 6.04 Å². The molecule has 1 atom stereocenters. The van der Waals surface area contributed by atoms with Crippen molar-refractivity contribution in [1.82, 2.24) is 0 Å². The molecule has 180 valence electrons. The summed E-state index contributed by atoms with van der Waals surface area (Å²) in [6.45, 7) is 12.2. The second-order valence-electron chi connectivity index (χ2n) is 9.63. The van der Waals surface area contributed by atoms with Crippen LogP contribution in [-0.4, -0.2) is 41.2 Å². The summed E-state index contributed by atoms with van der Waals surface area (Å²) < 4.78 is 0.861. The second-order valence-corrected chi connectivity index (χ2v) is 9.63. The van der Waals surface area contributed by atoms with Crippen molar-refractivity contribution in [2.75, 3.05) is 19.6 Å². The third-order valence-corrected chi connectivity index (χ3v) is 6.90. The van der Waals surface area contributed by atoms with Gasteiger partial charge in [0.25, 0.3) is 0 Å². The van der Waals surface area contributed by atoms with E-state index < -0.39 is 5.97 Å². The molecule has 0 radical (unpaired) electrons. The fourth-order valence-corrected chi connectivity index (χ4v) is 4.94. The largest absolute Gasteiger partial charge is 0.477 e. The first-order valence-corrected chi connectivity index (χ1v) is 13.7. The lowest BCUT2D eigenvalue weighted by atomic mass is 9.99. The van der Waals surface area contributed by atoms with Crippen LogP contribution >= 0.6 is 0 Å². The fraction of sp³-hybridized carbons (Fsp3) is 0.963. The van der Waals surface area contributed by atoms with E-state index >= 15 is 0 Å². The van der Waals surface area contributed by atoms with Crippen molar-refractivity contribution in [2.45, 2.75) is 149 Å². The van der Waals surface area contributed by atoms with Crippen molar-refractivity contribution in [2.24, 2.45) is 0 Å². The number of hydrogen-bond donors (Lipinski definition) is 1. The van der Waals surface area contributed by atoms with Gasteiger partial charge >= 0.3 is 5.97 Å². The van der Waals surface area contributed by atoms with Crippen molar-refractivity contribution < 1.29 is 14.4 Å². The number of aliphatic carboxylic acids is 1. The Labute approximate surface area is 189 Å². The smallest absolute Gasteiger partial charge is 0.362 e. The van der Waals surface area contributed by atoms with E-state index in [4.69, 9.17) is 0 Å². The lowest BCUT2D eigenvalue weighted by Gasteiger charge is -2.44. The Morgan fingerprint density at radius 3 is 1.23 bits per heavy atom. The predicted octanol–water partition coefficient (Wildman–Crippen LogP) is 8.36. The van der Waals surface area contributed by atoms with E-state index in [1.54, 1.807) is 0 Å². The Morgan fingerprint density at radius 1 is 0.567 bits per heavy atom. The minimum Gasteiger partial charge on any atom is -0.477 e. The maximum Gasteiger partial charge on any atom is 0.362 e. The van der Waals surface area contributed by atoms with Gasteiger partial charge in [0.05, 0.1) is 19.6 Å². The molecule has 0 aromatic heterocycles. The summed E-state index contributed by atoms with van der Waals surface area (Å²) in [6.07, 6.45) is 21.8. The van der Waals surface area contributed by atoms with Crippen LogP contribution in [0.15, 0.2) is 0 Å². The molecule has 3 nitrogen and oxygen atoms in total. The molecule has 0 heterocycles. The highest BCUT2D eigenvalue weighted by molar-refractivity contribution is 5.72. The van der Waals surface area contributed by atoms with E-state index in [9.17, 15) is 9.90 Å². The Balaban J connectivity index is 5.32. The fourth-order valence-electron chi connectivity index (χ4n) is 4.94. The van der Waals surface area contributed by atoms with Crippen LogP contribution in [0.5, 0.6) is 0 Å². The molecule has 3 heteroatoms. The van der Waals surface area contributed by atoms with Crippen molar-refractivity contribution in [3.8, 4) is 0 Å². The van der Waals surface area contributed by atoms with Crippen LogP contribution in [0.25, 0.3) is 0 Å². The van der Waals surface area contributed by atoms with Crippen LogP contribution in [0.1, 0.15) is 143 Å². The number of carboxylic acids is 1. The maximum absolute atomic E-state index is 12.5. The molecule has 0 spiro atoms. The third-order valence-electron chi connectivity index (χ3n) is 6.90. The monoisotopic (exact) mass is 426 g/mol. The van der Waals surface area contributed by atoms with E-state index in [-0.39, 0.29) is 6.04 Å². The second kappa shape index (κ2) is 20.3. The highest BCUT2D eigenvalue weighted by atomic mass is 16.4. The van der Waals surface area contributed by atoms with Crippen molar-refractivity contribution >= 4 is 5.97 Å². The Morgan fingerprint density at radius 2 is 0.900 bits per heavy atom. The first kappa shape index (κ1) is 29.4. The molecular weight excluding hydrogens is 370 g/mol. The Kier molecular flexibility index (Phi) is 20.0. The van der Waals surface area contributed by atoms with Crippen molar-refractivity contribution in [3.05, 3.63) is 0 Å². The summed E-state index contributed by atoms with van der Waals surface area (Å²) in [4.78, 5) is 12.5. The zero-order valence-electron chi connectivity index (χ0n) is 21.2. The van der Waals surface area contributed by atoms with Crippen LogP contribution in [-0.2, 0) is 4.79 Å². The van der Waals surface area contributed by atoms with Crippen LogP contribution in [0, 0.1) is 0 Å². The number of unbranched alkanes of at least 4 members (excludes halogenated alkanes) is 13. The first-order chi connectivity index (χ1) is 14.6. The Hall–Kier alpha value is -0.570. The molecule has 1 unspecified atom stereocenters. The standard InChI is InChI=1S/C27H55NO2/c1-5-9-13-17-18-22-26(27(29)30)28(23-19-14-10-6-2,24-20-15-11-7-3)25-21-16-12-8-4/h26H,5-25H2,1-4H3/p+1. The molecule has 0 aliphatic rings. The number of quaternary nitrogens is 1. The lowest BCUT2D eigenvalue weighted by molar-refractivity contribution is -0.944. The summed E-state index contributed by atoms with van der Waals surface area (Å²) in [5.74, 6) is -0.535. The number of hydrogen-bond acceptors (Lipinski definition) is 1. The average Bonchev–Trinajstić information content (AvgIpc) is 2.73. The van der Waals surface area contributed by atoms with E-state index in [2.05, 4.69) is 27.7 Å². The van der Waals surface area contributed by atoms with E-state index in [0.717, 1.165) is 37.0 Å². The quantitative estimate of drug-likeness (QED) is 0.132. The van der Waals surface area contributed by atoms with Gasteiger partial charge in [-0.1, -0.05) is 91.9 Å². The summed E-state index contributed by atoms with van der Waals surface area (Å²) in [5.41, 5.74) is 0. The summed E-state index contributed by atoms with van der Waals surface area (Å²) in [7, 11) is 0. The molecular formula is C27H56NO2+. The molecule has 0 aliphatic carbocycles. The molecule has 0 amide bonds. The summed E-state index contributed by atoms with van der Waals surface area (Å²) in [5, 5.41) is 10.3. The van der Waals surface area contributed by atoms with Crippen LogP contribution in [0.2, 0.25) is 0 Å². The van der Waals surface area contributed by atoms with Gasteiger partial charge in [0.2, 0.25) is 0 Å². The molecule has 0 bridgehead atoms. The van der Waals surface area contributed by atoms with Gasteiger partial charge in [-0.2, -0.15) is 0 Å². The number of nitrogens with zero attached hydrogens (tertiary/aromatic N) is 1. The first-order valence-electron chi connectivity index (χ1n) is 13.7. The molecule has 0 aromatic carbocycles. The van der Waals surface area contributed by atoms with E-state index in [0.29, 0.717) is 0 Å². The van der Waals surface area contributed by atoms with Gasteiger partial charge in [0.1, 0.15) is 0 Å². The van der Waals surface area contributed by atoms with Crippen LogP contribution in [0.4, 0.5) is 0 Å². The molecule has 1 N–H and O–H groups in total. The summed E-state index contributed by atoms with van der Waals surface area (Å²) in [6, 6.07) is -0.198. The van der Waals surface area contributed by atoms with E-state index in [1.165, 1.54) is 103 Å². The third kappa shape index (κ3) is 13.7. The van der Waals surface area contributed by atoms with Gasteiger partial charge in [-0.25, -0.2) is 4.79 Å². The molecule has 30 heavy (non-hydrogen) atoms. The highest BCUT2D eigenvalue weighted by Gasteiger charge is 2.40. The predicted molar refractivity (Wildman–Crippen MR) is 132 cm³/mol. The topological polar surface area (TPSA) is 37.3 Å². The SMILES string of the molecule is CCCCCCCC(C(=O)O)[N+](CCCCCC)(CCCCCC)CCCCCC. The maximum atomic E-state index is 12.5. The number of carboxylic acid groups (broad SMARTS) is 1. The van der Waals surface area contributed by atoms with Crippen LogP contribution in [0.3, 0.4) is 0 Å². The summed E-state index contributed by atoms with van der Waals surface area (Å²) >= 11 is 0. The molecule has 0 saturated carbocycles. The Bertz CT molecular complexity index is 352. The van der Waals surface area contributed by atoms with Crippen molar-refractivity contribution in [1.29, 1.82) is 0 Å². The molecule has 0 aromatic rings. The average molecular weight is 427 g/mol. The highest BCUT2D eigenvalue weighted by Crippen LogP contribution is 2.26. The van der Waals surface area contributed by atoms with Gasteiger partial charge in [-0.3, -0.25) is 0 Å². The zero-order chi connectivity index (χ0) is 22.5. The normalized spacial score (nSPS) is 12.9. The van der Waals surface area contributed by atoms with Crippen molar-refractivity contribution in [3.63, 3.8) is 0 Å². The number of carbonyl (C=O) groups is 1. The van der Waals surface area contributed by atoms with Gasteiger partial charge in [0, 0.05) is 6.42 Å². The molecule has 0 aliphatic heterocycles. The van der Waals surface area contributed by atoms with Gasteiger partial charge < -0.3 is 9.59 Å². The minimum absolute atomic E-state index is 0.198. The molecule has 0 fully saturated rings. The molecule has 0 rings (SSSR count). The zero-order valence-corrected chi connectivity index (χ0v) is 21.2. The van der Waals surface area contributed by atoms with E-state index in [1.807, 2.05) is 0 Å². The lowest BCUT2D eigenvalue weighted by Crippen LogP contribution is -2.60. The minimum atomic E-state index is -0.535.